The summed E-state index contributed by atoms with van der Waals surface area (Å²) in [6.07, 6.45) is 5.60. The number of hydrogen-bond acceptors (Lipinski definition) is 6. The van der Waals surface area contributed by atoms with E-state index >= 15 is 0 Å². The van der Waals surface area contributed by atoms with Crippen LogP contribution in [0.2, 0.25) is 0 Å². The Kier molecular flexibility index (Phi) is 5.37. The van der Waals surface area contributed by atoms with E-state index in [2.05, 4.69) is 20.4 Å². The van der Waals surface area contributed by atoms with E-state index in [9.17, 15) is 9.59 Å². The van der Waals surface area contributed by atoms with Gasteiger partial charge in [-0.05, 0) is 25.0 Å². The van der Waals surface area contributed by atoms with Crippen LogP contribution >= 0.6 is 0 Å². The largest absolute Gasteiger partial charge is 0.353 e. The first-order valence-electron chi connectivity index (χ1n) is 8.39. The van der Waals surface area contributed by atoms with Crippen molar-refractivity contribution in [1.29, 1.82) is 0 Å². The van der Waals surface area contributed by atoms with Crippen molar-refractivity contribution in [2.75, 3.05) is 13.1 Å². The highest BCUT2D eigenvalue weighted by atomic mass is 16.5. The first-order valence-corrected chi connectivity index (χ1v) is 8.39. The maximum atomic E-state index is 12.1. The van der Waals surface area contributed by atoms with Crippen LogP contribution in [0.1, 0.15) is 32.1 Å². The highest BCUT2D eigenvalue weighted by Crippen LogP contribution is 2.15. The molecule has 0 atom stereocenters. The molecule has 0 unspecified atom stereocenters. The zero-order chi connectivity index (χ0) is 17.6. The van der Waals surface area contributed by atoms with Crippen LogP contribution in [0.3, 0.4) is 0 Å². The Hall–Kier alpha value is -2.77. The Morgan fingerprint density at radius 2 is 2.00 bits per heavy atom. The third-order valence-corrected chi connectivity index (χ3v) is 4.28. The van der Waals surface area contributed by atoms with Crippen LogP contribution in [0.4, 0.5) is 0 Å². The fourth-order valence-corrected chi connectivity index (χ4v) is 2.83. The molecule has 8 heteroatoms. The average molecular weight is 343 g/mol. The summed E-state index contributed by atoms with van der Waals surface area (Å²) in [6, 6.07) is 3.72. The SMILES string of the molecule is CC(=O)N1CCC(NC(=O)CCc2nc(-c3ccncc3)no2)CC1. The van der Waals surface area contributed by atoms with Crippen molar-refractivity contribution in [1.82, 2.24) is 25.3 Å². The van der Waals surface area contributed by atoms with E-state index in [1.54, 1.807) is 31.5 Å². The van der Waals surface area contributed by atoms with Gasteiger partial charge in [-0.1, -0.05) is 5.16 Å². The summed E-state index contributed by atoms with van der Waals surface area (Å²) in [5.74, 6) is 0.985. The van der Waals surface area contributed by atoms with E-state index in [0.29, 0.717) is 37.6 Å². The van der Waals surface area contributed by atoms with Crippen molar-refractivity contribution in [3.8, 4) is 11.4 Å². The van der Waals surface area contributed by atoms with Gasteiger partial charge >= 0.3 is 0 Å². The van der Waals surface area contributed by atoms with E-state index in [0.717, 1.165) is 18.4 Å². The third-order valence-electron chi connectivity index (χ3n) is 4.28. The standard InChI is InChI=1S/C17H21N5O3/c1-12(23)22-10-6-14(7-11-22)19-15(24)2-3-16-20-17(21-25-16)13-4-8-18-9-5-13/h4-5,8-9,14H,2-3,6-7,10-11H2,1H3,(H,19,24). The van der Waals surface area contributed by atoms with Crippen molar-refractivity contribution in [2.45, 2.75) is 38.6 Å². The van der Waals surface area contributed by atoms with Crippen LogP contribution in [0.25, 0.3) is 11.4 Å². The fraction of sp³-hybridized carbons (Fsp3) is 0.471. The van der Waals surface area contributed by atoms with Gasteiger partial charge in [-0.25, -0.2) is 0 Å². The molecule has 2 amide bonds. The summed E-state index contributed by atoms with van der Waals surface area (Å²) >= 11 is 0. The number of nitrogens with one attached hydrogen (secondary N) is 1. The monoisotopic (exact) mass is 343 g/mol. The first kappa shape index (κ1) is 17.1. The van der Waals surface area contributed by atoms with E-state index in [1.165, 1.54) is 0 Å². The number of amides is 2. The van der Waals surface area contributed by atoms with Crippen LogP contribution in [0.15, 0.2) is 29.0 Å². The molecule has 0 saturated carbocycles. The molecule has 1 N–H and O–H groups in total. The van der Waals surface area contributed by atoms with E-state index in [4.69, 9.17) is 4.52 Å². The topological polar surface area (TPSA) is 101 Å². The summed E-state index contributed by atoms with van der Waals surface area (Å²) in [5, 5.41) is 6.93. The lowest BCUT2D eigenvalue weighted by Gasteiger charge is -2.31. The molecule has 0 radical (unpaired) electrons. The van der Waals surface area contributed by atoms with Gasteiger partial charge in [0.1, 0.15) is 0 Å². The molecule has 132 valence electrons. The lowest BCUT2D eigenvalue weighted by Crippen LogP contribution is -2.46. The lowest BCUT2D eigenvalue weighted by atomic mass is 10.0. The molecule has 8 nitrogen and oxygen atoms in total. The molecule has 1 aliphatic heterocycles. The van der Waals surface area contributed by atoms with Gasteiger partial charge < -0.3 is 14.7 Å². The van der Waals surface area contributed by atoms with Gasteiger partial charge in [-0.3, -0.25) is 14.6 Å². The van der Waals surface area contributed by atoms with E-state index < -0.39 is 0 Å². The van der Waals surface area contributed by atoms with Crippen molar-refractivity contribution in [2.24, 2.45) is 0 Å². The van der Waals surface area contributed by atoms with E-state index in [1.807, 2.05) is 4.90 Å². The number of likely N-dealkylation sites (tertiary alicyclic amines) is 1. The molecule has 0 bridgehead atoms. The van der Waals surface area contributed by atoms with Gasteiger partial charge in [0.15, 0.2) is 0 Å². The molecule has 0 aromatic carbocycles. The minimum atomic E-state index is -0.0371. The number of pyridine rings is 1. The van der Waals surface area contributed by atoms with Crippen molar-refractivity contribution >= 4 is 11.8 Å². The quantitative estimate of drug-likeness (QED) is 0.875. The lowest BCUT2D eigenvalue weighted by molar-refractivity contribution is -0.130. The summed E-state index contributed by atoms with van der Waals surface area (Å²) in [5.41, 5.74) is 0.826. The van der Waals surface area contributed by atoms with Gasteiger partial charge in [0, 0.05) is 56.9 Å². The minimum Gasteiger partial charge on any atom is -0.353 e. The number of carbonyl (C=O) groups is 2. The second kappa shape index (κ2) is 7.87. The summed E-state index contributed by atoms with van der Waals surface area (Å²) in [7, 11) is 0. The zero-order valence-electron chi connectivity index (χ0n) is 14.1. The van der Waals surface area contributed by atoms with Gasteiger partial charge in [0.2, 0.25) is 23.5 Å². The molecule has 1 aliphatic rings. The van der Waals surface area contributed by atoms with Crippen LogP contribution < -0.4 is 5.32 Å². The second-order valence-corrected chi connectivity index (χ2v) is 6.10. The molecule has 1 fully saturated rings. The Balaban J connectivity index is 1.44. The Labute approximate surface area is 145 Å². The van der Waals surface area contributed by atoms with Crippen LogP contribution in [0.5, 0.6) is 0 Å². The smallest absolute Gasteiger partial charge is 0.227 e. The highest BCUT2D eigenvalue weighted by molar-refractivity contribution is 5.76. The Morgan fingerprint density at radius 3 is 2.68 bits per heavy atom. The first-order chi connectivity index (χ1) is 12.1. The molecule has 0 spiro atoms. The predicted molar refractivity (Wildman–Crippen MR) is 89.3 cm³/mol. The van der Waals surface area contributed by atoms with Gasteiger partial charge in [0.05, 0.1) is 0 Å². The van der Waals surface area contributed by atoms with Gasteiger partial charge in [-0.2, -0.15) is 4.98 Å². The number of piperidine rings is 1. The normalized spacial score (nSPS) is 15.2. The second-order valence-electron chi connectivity index (χ2n) is 6.10. The number of aromatic nitrogens is 3. The van der Waals surface area contributed by atoms with Crippen molar-refractivity contribution in [3.63, 3.8) is 0 Å². The molecule has 25 heavy (non-hydrogen) atoms. The number of rotatable bonds is 5. The maximum Gasteiger partial charge on any atom is 0.227 e. The minimum absolute atomic E-state index is 0.0371. The molecule has 2 aromatic rings. The molecule has 0 aliphatic carbocycles. The fourth-order valence-electron chi connectivity index (χ4n) is 2.83. The Morgan fingerprint density at radius 1 is 1.28 bits per heavy atom. The summed E-state index contributed by atoms with van der Waals surface area (Å²) < 4.78 is 5.19. The molecule has 3 rings (SSSR count). The summed E-state index contributed by atoms with van der Waals surface area (Å²) in [6.45, 7) is 2.96. The average Bonchev–Trinajstić information content (AvgIpc) is 3.10. The predicted octanol–water partition coefficient (Wildman–Crippen LogP) is 1.19. The molecular formula is C17H21N5O3. The number of nitrogens with zero attached hydrogens (tertiary/aromatic N) is 4. The van der Waals surface area contributed by atoms with Crippen LogP contribution in [0, 0.1) is 0 Å². The van der Waals surface area contributed by atoms with Crippen molar-refractivity contribution in [3.05, 3.63) is 30.4 Å². The van der Waals surface area contributed by atoms with Crippen molar-refractivity contribution < 1.29 is 14.1 Å². The number of aryl methyl sites for hydroxylation is 1. The number of hydrogen-bond donors (Lipinski definition) is 1. The summed E-state index contributed by atoms with van der Waals surface area (Å²) in [4.78, 5) is 33.4. The maximum absolute atomic E-state index is 12.1. The van der Waals surface area contributed by atoms with Gasteiger partial charge in [-0.15, -0.1) is 0 Å². The van der Waals surface area contributed by atoms with Crippen LogP contribution in [-0.2, 0) is 16.0 Å². The molecular weight excluding hydrogens is 322 g/mol. The zero-order valence-corrected chi connectivity index (χ0v) is 14.1. The van der Waals surface area contributed by atoms with E-state index in [-0.39, 0.29) is 17.9 Å². The highest BCUT2D eigenvalue weighted by Gasteiger charge is 2.22. The Bertz CT molecular complexity index is 723. The van der Waals surface area contributed by atoms with Gasteiger partial charge in [0.25, 0.3) is 0 Å². The molecule has 1 saturated heterocycles. The molecule has 2 aromatic heterocycles. The third kappa shape index (κ3) is 4.62. The number of carbonyl (C=O) groups excluding carboxylic acids is 2. The molecule has 3 heterocycles. The van der Waals surface area contributed by atoms with Crippen LogP contribution in [-0.4, -0.2) is 51.0 Å².